The van der Waals surface area contributed by atoms with Gasteiger partial charge in [-0.15, -0.1) is 0 Å². The van der Waals surface area contributed by atoms with Crippen LogP contribution in [0.5, 0.6) is 0 Å². The minimum Gasteiger partial charge on any atom is -0.0622 e. The standard InChI is InChI=1S/C22H12Br2/c23-21-15-19(13-11-17-7-3-1-4-8-17)20(16-22(21)24)14-12-18-9-5-2-6-10-18/h1-10,15-16H. The van der Waals surface area contributed by atoms with Crippen molar-refractivity contribution in [3.63, 3.8) is 0 Å². The van der Waals surface area contributed by atoms with E-state index < -0.39 is 0 Å². The van der Waals surface area contributed by atoms with E-state index in [1.807, 2.05) is 72.8 Å². The highest BCUT2D eigenvalue weighted by Crippen LogP contribution is 2.26. The van der Waals surface area contributed by atoms with Gasteiger partial charge in [0.05, 0.1) is 0 Å². The molecule has 0 atom stereocenters. The summed E-state index contributed by atoms with van der Waals surface area (Å²) in [6, 6.07) is 23.9. The van der Waals surface area contributed by atoms with E-state index in [1.54, 1.807) is 0 Å². The number of benzene rings is 3. The zero-order valence-electron chi connectivity index (χ0n) is 12.7. The Labute approximate surface area is 159 Å². The second-order valence-corrected chi connectivity index (χ2v) is 6.75. The fraction of sp³-hybridized carbons (Fsp3) is 0. The molecule has 0 aliphatic heterocycles. The van der Waals surface area contributed by atoms with Gasteiger partial charge in [-0.05, 0) is 68.3 Å². The Morgan fingerprint density at radius 1 is 0.500 bits per heavy atom. The van der Waals surface area contributed by atoms with Crippen LogP contribution in [-0.2, 0) is 0 Å². The summed E-state index contributed by atoms with van der Waals surface area (Å²) < 4.78 is 1.93. The molecule has 0 bridgehead atoms. The van der Waals surface area contributed by atoms with Crippen molar-refractivity contribution in [2.75, 3.05) is 0 Å². The van der Waals surface area contributed by atoms with Crippen LogP contribution >= 0.6 is 31.9 Å². The van der Waals surface area contributed by atoms with Crippen LogP contribution in [0, 0.1) is 23.7 Å². The predicted octanol–water partition coefficient (Wildman–Crippen LogP) is 6.01. The van der Waals surface area contributed by atoms with Crippen molar-refractivity contribution in [1.29, 1.82) is 0 Å². The second-order valence-electron chi connectivity index (χ2n) is 5.04. The summed E-state index contributed by atoms with van der Waals surface area (Å²) in [6.07, 6.45) is 0. The minimum absolute atomic E-state index is 0.900. The molecule has 3 rings (SSSR count). The lowest BCUT2D eigenvalue weighted by atomic mass is 10.1. The number of halogens is 2. The van der Waals surface area contributed by atoms with Crippen LogP contribution in [0.25, 0.3) is 0 Å². The van der Waals surface area contributed by atoms with Crippen molar-refractivity contribution >= 4 is 31.9 Å². The molecule has 0 aromatic heterocycles. The first-order chi connectivity index (χ1) is 11.7. The van der Waals surface area contributed by atoms with E-state index in [0.717, 1.165) is 31.2 Å². The Bertz CT molecular complexity index is 884. The predicted molar refractivity (Wildman–Crippen MR) is 107 cm³/mol. The second kappa shape index (κ2) is 8.02. The van der Waals surface area contributed by atoms with Crippen LogP contribution in [-0.4, -0.2) is 0 Å². The number of rotatable bonds is 0. The fourth-order valence-corrected chi connectivity index (χ4v) is 2.76. The van der Waals surface area contributed by atoms with E-state index in [0.29, 0.717) is 0 Å². The molecule has 2 heteroatoms. The maximum absolute atomic E-state index is 3.54. The molecule has 0 heterocycles. The van der Waals surface area contributed by atoms with Crippen LogP contribution in [0.1, 0.15) is 22.3 Å². The third-order valence-electron chi connectivity index (χ3n) is 3.29. The van der Waals surface area contributed by atoms with Crippen molar-refractivity contribution in [2.45, 2.75) is 0 Å². The van der Waals surface area contributed by atoms with Gasteiger partial charge in [-0.2, -0.15) is 0 Å². The van der Waals surface area contributed by atoms with E-state index in [9.17, 15) is 0 Å². The van der Waals surface area contributed by atoms with E-state index >= 15 is 0 Å². The van der Waals surface area contributed by atoms with E-state index in [1.165, 1.54) is 0 Å². The van der Waals surface area contributed by atoms with Crippen LogP contribution in [0.2, 0.25) is 0 Å². The summed E-state index contributed by atoms with van der Waals surface area (Å²) >= 11 is 7.08. The monoisotopic (exact) mass is 434 g/mol. The van der Waals surface area contributed by atoms with Crippen molar-refractivity contribution in [1.82, 2.24) is 0 Å². The molecule has 0 saturated heterocycles. The van der Waals surface area contributed by atoms with E-state index in [2.05, 4.69) is 55.5 Å². The van der Waals surface area contributed by atoms with Gasteiger partial charge in [0.25, 0.3) is 0 Å². The molecule has 0 amide bonds. The van der Waals surface area contributed by atoms with Crippen molar-refractivity contribution < 1.29 is 0 Å². The van der Waals surface area contributed by atoms with Gasteiger partial charge >= 0.3 is 0 Å². The maximum atomic E-state index is 3.54. The van der Waals surface area contributed by atoms with E-state index in [4.69, 9.17) is 0 Å². The highest BCUT2D eigenvalue weighted by atomic mass is 79.9. The molecule has 0 fully saturated rings. The summed E-state index contributed by atoms with van der Waals surface area (Å²) in [5.41, 5.74) is 3.77. The number of hydrogen-bond donors (Lipinski definition) is 0. The molecule has 114 valence electrons. The van der Waals surface area contributed by atoms with Gasteiger partial charge in [0.15, 0.2) is 0 Å². The van der Waals surface area contributed by atoms with Gasteiger partial charge in [0.1, 0.15) is 0 Å². The molecule has 0 unspecified atom stereocenters. The Balaban J connectivity index is 2.02. The van der Waals surface area contributed by atoms with Crippen LogP contribution < -0.4 is 0 Å². The van der Waals surface area contributed by atoms with E-state index in [-0.39, 0.29) is 0 Å². The van der Waals surface area contributed by atoms with Gasteiger partial charge in [-0.1, -0.05) is 60.1 Å². The minimum atomic E-state index is 0.900. The van der Waals surface area contributed by atoms with Gasteiger partial charge < -0.3 is 0 Å². The third kappa shape index (κ3) is 4.39. The maximum Gasteiger partial charge on any atom is 0.0417 e. The first kappa shape index (κ1) is 16.6. The van der Waals surface area contributed by atoms with Crippen molar-refractivity contribution in [2.24, 2.45) is 0 Å². The molecule has 0 saturated carbocycles. The van der Waals surface area contributed by atoms with Gasteiger partial charge in [0, 0.05) is 31.2 Å². The SMILES string of the molecule is Brc1cc(C#Cc2ccccc2)c(C#Cc2ccccc2)cc1Br. The normalized spacial score (nSPS) is 9.42. The molecular formula is C22H12Br2. The Morgan fingerprint density at radius 2 is 0.875 bits per heavy atom. The topological polar surface area (TPSA) is 0 Å². The summed E-state index contributed by atoms with van der Waals surface area (Å²) in [4.78, 5) is 0. The van der Waals surface area contributed by atoms with Gasteiger partial charge in [0.2, 0.25) is 0 Å². The van der Waals surface area contributed by atoms with Gasteiger partial charge in [-0.3, -0.25) is 0 Å². The largest absolute Gasteiger partial charge is 0.0622 e. The number of hydrogen-bond acceptors (Lipinski definition) is 0. The molecule has 3 aromatic carbocycles. The summed E-state index contributed by atoms with van der Waals surface area (Å²) in [5, 5.41) is 0. The molecule has 0 aliphatic carbocycles. The Kier molecular flexibility index (Phi) is 5.55. The van der Waals surface area contributed by atoms with Crippen molar-refractivity contribution in [3.05, 3.63) is 104 Å². The molecule has 0 spiro atoms. The molecular weight excluding hydrogens is 424 g/mol. The lowest BCUT2D eigenvalue weighted by molar-refractivity contribution is 1.51. The first-order valence-corrected chi connectivity index (χ1v) is 8.94. The average molecular weight is 436 g/mol. The lowest BCUT2D eigenvalue weighted by Gasteiger charge is -2.01. The van der Waals surface area contributed by atoms with Crippen LogP contribution in [0.15, 0.2) is 81.7 Å². The van der Waals surface area contributed by atoms with Crippen molar-refractivity contribution in [3.8, 4) is 23.7 Å². The van der Waals surface area contributed by atoms with Crippen LogP contribution in [0.4, 0.5) is 0 Å². The molecule has 0 N–H and O–H groups in total. The molecule has 24 heavy (non-hydrogen) atoms. The summed E-state index contributed by atoms with van der Waals surface area (Å²) in [7, 11) is 0. The fourth-order valence-electron chi connectivity index (χ4n) is 2.08. The smallest absolute Gasteiger partial charge is 0.0417 e. The lowest BCUT2D eigenvalue weighted by Crippen LogP contribution is -1.86. The third-order valence-corrected chi connectivity index (χ3v) is 5.14. The molecule has 3 aromatic rings. The highest BCUT2D eigenvalue weighted by molar-refractivity contribution is 9.13. The Morgan fingerprint density at radius 3 is 1.25 bits per heavy atom. The summed E-state index contributed by atoms with van der Waals surface area (Å²) in [5.74, 6) is 12.8. The zero-order valence-corrected chi connectivity index (χ0v) is 15.9. The Hall–Kier alpha value is -2.26. The molecule has 0 radical (unpaired) electrons. The van der Waals surface area contributed by atoms with Gasteiger partial charge in [-0.25, -0.2) is 0 Å². The summed E-state index contributed by atoms with van der Waals surface area (Å²) in [6.45, 7) is 0. The quantitative estimate of drug-likeness (QED) is 0.379. The first-order valence-electron chi connectivity index (χ1n) is 7.35. The molecule has 0 nitrogen and oxygen atoms in total. The zero-order chi connectivity index (χ0) is 16.8. The van der Waals surface area contributed by atoms with Crippen LogP contribution in [0.3, 0.4) is 0 Å². The highest BCUT2D eigenvalue weighted by Gasteiger charge is 2.03. The average Bonchev–Trinajstić information content (AvgIpc) is 2.63. The molecule has 0 aliphatic rings.